The Kier molecular flexibility index (Phi) is 3.61. The quantitative estimate of drug-likeness (QED) is 0.910. The van der Waals surface area contributed by atoms with E-state index >= 15 is 0 Å². The van der Waals surface area contributed by atoms with Crippen LogP contribution in [0.5, 0.6) is 0 Å². The van der Waals surface area contributed by atoms with Gasteiger partial charge in [-0.2, -0.15) is 0 Å². The minimum atomic E-state index is -0.385. The van der Waals surface area contributed by atoms with Crippen LogP contribution in [0, 0.1) is 0 Å². The molecule has 0 aromatic carbocycles. The lowest BCUT2D eigenvalue weighted by Gasteiger charge is -2.31. The van der Waals surface area contributed by atoms with E-state index in [9.17, 15) is 9.90 Å². The van der Waals surface area contributed by atoms with E-state index in [2.05, 4.69) is 15.9 Å². The Hall–Kier alpha value is -0.390. The second-order valence-corrected chi connectivity index (χ2v) is 7.60. The van der Waals surface area contributed by atoms with Crippen LogP contribution in [0.1, 0.15) is 25.1 Å². The number of nitrogens with zero attached hydrogens (tertiary/aromatic N) is 1. The number of amides is 1. The summed E-state index contributed by atoms with van der Waals surface area (Å²) in [4.78, 5) is 15.0. The summed E-state index contributed by atoms with van der Waals surface area (Å²) in [6.45, 7) is 4.47. The molecule has 94 valence electrons. The van der Waals surface area contributed by atoms with Crippen LogP contribution < -0.4 is 0 Å². The first kappa shape index (κ1) is 13.1. The number of rotatable bonds is 2. The Morgan fingerprint density at radius 1 is 1.65 bits per heavy atom. The fourth-order valence-corrected chi connectivity index (χ4v) is 3.81. The molecule has 0 radical (unpaired) electrons. The van der Waals surface area contributed by atoms with Crippen LogP contribution in [0.25, 0.3) is 0 Å². The molecule has 1 atom stereocenters. The average molecular weight is 318 g/mol. The molecule has 3 nitrogen and oxygen atoms in total. The van der Waals surface area contributed by atoms with Crippen molar-refractivity contribution in [1.82, 2.24) is 4.90 Å². The summed E-state index contributed by atoms with van der Waals surface area (Å²) in [5, 5.41) is 9.66. The molecule has 2 rings (SSSR count). The summed E-state index contributed by atoms with van der Waals surface area (Å²) >= 11 is 4.97. The normalized spacial score (nSPS) is 23.1. The van der Waals surface area contributed by atoms with Gasteiger partial charge in [0.25, 0.3) is 0 Å². The number of hydrogen-bond acceptors (Lipinski definition) is 3. The maximum atomic E-state index is 12.2. The molecule has 1 fully saturated rings. The second-order valence-electron chi connectivity index (χ2n) is 5.06. The standard InChI is InChI=1S/C12H16BrNO2S/c1-12(2)6-8(15)7-14(12)11(16)5-9-3-4-10(13)17-9/h3-4,8,15H,5-7H2,1-2H3. The molecule has 1 aliphatic rings. The Bertz CT molecular complexity index is 430. The van der Waals surface area contributed by atoms with Gasteiger partial charge < -0.3 is 10.0 Å². The van der Waals surface area contributed by atoms with Gasteiger partial charge in [0, 0.05) is 17.0 Å². The van der Waals surface area contributed by atoms with Crippen LogP contribution in [0.4, 0.5) is 0 Å². The summed E-state index contributed by atoms with van der Waals surface area (Å²) in [5.74, 6) is 0.0981. The zero-order chi connectivity index (χ0) is 12.6. The van der Waals surface area contributed by atoms with E-state index in [1.165, 1.54) is 0 Å². The number of β-amino-alcohol motifs (C(OH)–C–C–N with tert-alkyl or cyclic N) is 1. The maximum absolute atomic E-state index is 12.2. The van der Waals surface area contributed by atoms with Crippen LogP contribution in [-0.4, -0.2) is 34.1 Å². The zero-order valence-electron chi connectivity index (χ0n) is 9.94. The van der Waals surface area contributed by atoms with Gasteiger partial charge in [-0.15, -0.1) is 11.3 Å². The van der Waals surface area contributed by atoms with E-state index < -0.39 is 0 Å². The van der Waals surface area contributed by atoms with Crippen molar-refractivity contribution in [3.63, 3.8) is 0 Å². The number of aliphatic hydroxyl groups excluding tert-OH is 1. The molecule has 1 aromatic rings. The summed E-state index contributed by atoms with van der Waals surface area (Å²) < 4.78 is 1.04. The molecule has 1 amide bonds. The molecule has 5 heteroatoms. The van der Waals surface area contributed by atoms with Crippen molar-refractivity contribution in [2.24, 2.45) is 0 Å². The van der Waals surface area contributed by atoms with E-state index in [4.69, 9.17) is 0 Å². The molecular weight excluding hydrogens is 302 g/mol. The third-order valence-electron chi connectivity index (χ3n) is 3.11. The molecule has 1 saturated heterocycles. The van der Waals surface area contributed by atoms with Crippen LogP contribution in [-0.2, 0) is 11.2 Å². The Labute approximate surface area is 114 Å². The number of halogens is 1. The van der Waals surface area contributed by atoms with Crippen molar-refractivity contribution < 1.29 is 9.90 Å². The van der Waals surface area contributed by atoms with Crippen molar-refractivity contribution in [3.8, 4) is 0 Å². The van der Waals surface area contributed by atoms with E-state index in [-0.39, 0.29) is 17.6 Å². The highest BCUT2D eigenvalue weighted by Crippen LogP contribution is 2.30. The Balaban J connectivity index is 2.05. The zero-order valence-corrected chi connectivity index (χ0v) is 12.3. The molecule has 17 heavy (non-hydrogen) atoms. The van der Waals surface area contributed by atoms with Crippen LogP contribution >= 0.6 is 27.3 Å². The second kappa shape index (κ2) is 4.71. The van der Waals surface area contributed by atoms with Crippen LogP contribution in [0.3, 0.4) is 0 Å². The average Bonchev–Trinajstić information content (AvgIpc) is 2.69. The van der Waals surface area contributed by atoms with Gasteiger partial charge in [-0.1, -0.05) is 0 Å². The van der Waals surface area contributed by atoms with Crippen LogP contribution in [0.2, 0.25) is 0 Å². The van der Waals surface area contributed by atoms with E-state index in [0.717, 1.165) is 8.66 Å². The highest BCUT2D eigenvalue weighted by Gasteiger charge is 2.40. The van der Waals surface area contributed by atoms with Gasteiger partial charge in [-0.05, 0) is 48.3 Å². The van der Waals surface area contributed by atoms with Crippen LogP contribution in [0.15, 0.2) is 15.9 Å². The largest absolute Gasteiger partial charge is 0.391 e. The first-order chi connectivity index (χ1) is 7.88. The predicted molar refractivity (Wildman–Crippen MR) is 72.1 cm³/mol. The van der Waals surface area contributed by atoms with Crippen molar-refractivity contribution in [1.29, 1.82) is 0 Å². The van der Waals surface area contributed by atoms with Crippen molar-refractivity contribution in [2.75, 3.05) is 6.54 Å². The van der Waals surface area contributed by atoms with Crippen molar-refractivity contribution in [2.45, 2.75) is 38.3 Å². The summed E-state index contributed by atoms with van der Waals surface area (Å²) in [6.07, 6.45) is 0.697. The van der Waals surface area contributed by atoms with Gasteiger partial charge >= 0.3 is 0 Å². The number of hydrogen-bond donors (Lipinski definition) is 1. The minimum Gasteiger partial charge on any atom is -0.391 e. The minimum absolute atomic E-state index is 0.0981. The molecule has 1 aliphatic heterocycles. The summed E-state index contributed by atoms with van der Waals surface area (Å²) in [6, 6.07) is 3.92. The van der Waals surface area contributed by atoms with E-state index in [0.29, 0.717) is 19.4 Å². The van der Waals surface area contributed by atoms with Gasteiger partial charge in [0.05, 0.1) is 16.3 Å². The van der Waals surface area contributed by atoms with Crippen molar-refractivity contribution >= 4 is 33.2 Å². The van der Waals surface area contributed by atoms with Crippen molar-refractivity contribution in [3.05, 3.63) is 20.8 Å². The number of carbonyl (C=O) groups is 1. The lowest BCUT2D eigenvalue weighted by Crippen LogP contribution is -2.43. The fraction of sp³-hybridized carbons (Fsp3) is 0.583. The number of thiophene rings is 1. The highest BCUT2D eigenvalue weighted by molar-refractivity contribution is 9.11. The lowest BCUT2D eigenvalue weighted by atomic mass is 10.0. The molecule has 0 aliphatic carbocycles. The molecular formula is C12H16BrNO2S. The summed E-state index contributed by atoms with van der Waals surface area (Å²) in [5.41, 5.74) is -0.231. The smallest absolute Gasteiger partial charge is 0.228 e. The van der Waals surface area contributed by atoms with Gasteiger partial charge in [-0.25, -0.2) is 0 Å². The topological polar surface area (TPSA) is 40.5 Å². The Morgan fingerprint density at radius 2 is 2.35 bits per heavy atom. The number of carbonyl (C=O) groups excluding carboxylic acids is 1. The first-order valence-corrected chi connectivity index (χ1v) is 7.22. The Morgan fingerprint density at radius 3 is 2.82 bits per heavy atom. The van der Waals surface area contributed by atoms with Gasteiger partial charge in [0.1, 0.15) is 0 Å². The molecule has 0 saturated carbocycles. The molecule has 1 aromatic heterocycles. The number of aliphatic hydroxyl groups is 1. The molecule has 0 spiro atoms. The van der Waals surface area contributed by atoms with Gasteiger partial charge in [-0.3, -0.25) is 4.79 Å². The molecule has 2 heterocycles. The monoisotopic (exact) mass is 317 g/mol. The lowest BCUT2D eigenvalue weighted by molar-refractivity contribution is -0.133. The maximum Gasteiger partial charge on any atom is 0.228 e. The first-order valence-electron chi connectivity index (χ1n) is 5.61. The highest BCUT2D eigenvalue weighted by atomic mass is 79.9. The third-order valence-corrected chi connectivity index (χ3v) is 4.74. The van der Waals surface area contributed by atoms with E-state index in [1.54, 1.807) is 16.2 Å². The predicted octanol–water partition coefficient (Wildman–Crippen LogP) is 2.42. The SMILES string of the molecule is CC1(C)CC(O)CN1C(=O)Cc1ccc(Br)s1. The fourth-order valence-electron chi connectivity index (χ4n) is 2.34. The number of likely N-dealkylation sites (tertiary alicyclic amines) is 1. The van der Waals surface area contributed by atoms with Gasteiger partial charge in [0.15, 0.2) is 0 Å². The summed E-state index contributed by atoms with van der Waals surface area (Å²) in [7, 11) is 0. The molecule has 0 bridgehead atoms. The van der Waals surface area contributed by atoms with E-state index in [1.807, 2.05) is 26.0 Å². The molecule has 1 N–H and O–H groups in total. The molecule has 1 unspecified atom stereocenters. The van der Waals surface area contributed by atoms with Gasteiger partial charge in [0.2, 0.25) is 5.91 Å². The third kappa shape index (κ3) is 2.89.